The number of hydrogen-bond acceptors (Lipinski definition) is 4. The van der Waals surface area contributed by atoms with Gasteiger partial charge < -0.3 is 10.0 Å². The molecule has 0 aliphatic carbocycles. The van der Waals surface area contributed by atoms with E-state index in [0.29, 0.717) is 11.9 Å². The highest BCUT2D eigenvalue weighted by atomic mass is 16.3. The quantitative estimate of drug-likeness (QED) is 0.766. The molecule has 0 bridgehead atoms. The Morgan fingerprint density at radius 1 is 1.30 bits per heavy atom. The molecule has 1 amide bonds. The first-order valence-corrected chi connectivity index (χ1v) is 8.02. The molecule has 20 heavy (non-hydrogen) atoms. The normalized spacial score (nSPS) is 27.2. The van der Waals surface area contributed by atoms with Gasteiger partial charge in [0.2, 0.25) is 5.91 Å². The number of hydrogen-bond donors (Lipinski definition) is 1. The summed E-state index contributed by atoms with van der Waals surface area (Å²) in [5.41, 5.74) is 0. The molecule has 0 saturated carbocycles. The number of carbonyl (C=O) groups is 1. The number of aliphatic hydroxyl groups excluding tert-OH is 1. The molecule has 1 N–H and O–H groups in total. The molecule has 2 aliphatic rings. The Morgan fingerprint density at radius 3 is 2.70 bits per heavy atom. The largest absolute Gasteiger partial charge is 0.392 e. The van der Waals surface area contributed by atoms with Crippen LogP contribution in [0.4, 0.5) is 0 Å². The van der Waals surface area contributed by atoms with Crippen LogP contribution in [-0.4, -0.2) is 83.7 Å². The van der Waals surface area contributed by atoms with E-state index in [9.17, 15) is 9.90 Å². The second-order valence-corrected chi connectivity index (χ2v) is 6.19. The van der Waals surface area contributed by atoms with Crippen molar-refractivity contribution in [3.8, 4) is 0 Å². The topological polar surface area (TPSA) is 47.0 Å². The van der Waals surface area contributed by atoms with E-state index >= 15 is 0 Å². The summed E-state index contributed by atoms with van der Waals surface area (Å²) in [6.07, 6.45) is 2.63. The fourth-order valence-corrected chi connectivity index (χ4v) is 3.33. The predicted molar refractivity (Wildman–Crippen MR) is 79.6 cm³/mol. The number of carbonyl (C=O) groups excluding carboxylic acids is 1. The van der Waals surface area contributed by atoms with E-state index in [0.717, 1.165) is 65.1 Å². The van der Waals surface area contributed by atoms with E-state index < -0.39 is 0 Å². The van der Waals surface area contributed by atoms with E-state index in [4.69, 9.17) is 0 Å². The monoisotopic (exact) mass is 283 g/mol. The summed E-state index contributed by atoms with van der Waals surface area (Å²) in [6, 6.07) is 0.535. The van der Waals surface area contributed by atoms with Gasteiger partial charge in [-0.05, 0) is 19.8 Å². The van der Waals surface area contributed by atoms with E-state index in [1.54, 1.807) is 0 Å². The van der Waals surface area contributed by atoms with Gasteiger partial charge in [0.15, 0.2) is 0 Å². The number of piperazine rings is 1. The third kappa shape index (κ3) is 4.17. The summed E-state index contributed by atoms with van der Waals surface area (Å²) in [5.74, 6) is 0.324. The molecule has 0 radical (unpaired) electrons. The van der Waals surface area contributed by atoms with Gasteiger partial charge in [-0.3, -0.25) is 14.6 Å². The number of rotatable bonds is 6. The standard InChI is InChI=1S/C15H29N3O2/c1-3-14-12-16(8-10-18(14)11-13(2)19)7-9-17-6-4-5-15(17)20/h13-14,19H,3-12H2,1-2H3. The zero-order valence-electron chi connectivity index (χ0n) is 12.9. The molecule has 5 heteroatoms. The van der Waals surface area contributed by atoms with E-state index in [-0.39, 0.29) is 6.10 Å². The fourth-order valence-electron chi connectivity index (χ4n) is 3.33. The number of nitrogens with zero attached hydrogens (tertiary/aromatic N) is 3. The van der Waals surface area contributed by atoms with Gasteiger partial charge in [-0.25, -0.2) is 0 Å². The lowest BCUT2D eigenvalue weighted by molar-refractivity contribution is -0.127. The SMILES string of the molecule is CCC1CN(CCN2CCCC2=O)CCN1CC(C)O. The molecule has 0 aromatic heterocycles. The van der Waals surface area contributed by atoms with Crippen LogP contribution in [0.1, 0.15) is 33.1 Å². The van der Waals surface area contributed by atoms with Crippen molar-refractivity contribution in [2.75, 3.05) is 45.8 Å². The highest BCUT2D eigenvalue weighted by Gasteiger charge is 2.27. The molecular weight excluding hydrogens is 254 g/mol. The second kappa shape index (κ2) is 7.38. The van der Waals surface area contributed by atoms with Crippen molar-refractivity contribution in [3.05, 3.63) is 0 Å². The minimum Gasteiger partial charge on any atom is -0.392 e. The number of aliphatic hydroxyl groups is 1. The molecule has 0 aromatic rings. The molecule has 2 atom stereocenters. The Morgan fingerprint density at radius 2 is 2.10 bits per heavy atom. The van der Waals surface area contributed by atoms with Crippen LogP contribution in [0.25, 0.3) is 0 Å². The number of amides is 1. The van der Waals surface area contributed by atoms with Crippen LogP contribution in [0.15, 0.2) is 0 Å². The molecule has 0 spiro atoms. The van der Waals surface area contributed by atoms with Crippen LogP contribution < -0.4 is 0 Å². The van der Waals surface area contributed by atoms with Crippen molar-refractivity contribution in [2.45, 2.75) is 45.3 Å². The van der Waals surface area contributed by atoms with E-state index in [1.165, 1.54) is 0 Å². The zero-order valence-corrected chi connectivity index (χ0v) is 12.9. The number of β-amino-alcohol motifs (C(OH)–C–C–N with tert-alkyl or cyclic N) is 1. The molecule has 2 aliphatic heterocycles. The van der Waals surface area contributed by atoms with Crippen molar-refractivity contribution in [1.82, 2.24) is 14.7 Å². The Bertz CT molecular complexity index is 322. The van der Waals surface area contributed by atoms with Crippen LogP contribution in [0.5, 0.6) is 0 Å². The summed E-state index contributed by atoms with van der Waals surface area (Å²) < 4.78 is 0. The average molecular weight is 283 g/mol. The Balaban J connectivity index is 1.76. The van der Waals surface area contributed by atoms with E-state index in [2.05, 4.69) is 16.7 Å². The average Bonchev–Trinajstić information content (AvgIpc) is 2.82. The molecule has 2 saturated heterocycles. The molecule has 5 nitrogen and oxygen atoms in total. The van der Waals surface area contributed by atoms with Gasteiger partial charge in [0.1, 0.15) is 0 Å². The van der Waals surface area contributed by atoms with Gasteiger partial charge >= 0.3 is 0 Å². The van der Waals surface area contributed by atoms with Gasteiger partial charge in [-0.15, -0.1) is 0 Å². The summed E-state index contributed by atoms with van der Waals surface area (Å²) in [5, 5.41) is 9.56. The van der Waals surface area contributed by atoms with Crippen molar-refractivity contribution >= 4 is 5.91 Å². The van der Waals surface area contributed by atoms with Crippen LogP contribution in [0.2, 0.25) is 0 Å². The van der Waals surface area contributed by atoms with Crippen molar-refractivity contribution in [3.63, 3.8) is 0 Å². The van der Waals surface area contributed by atoms with Crippen molar-refractivity contribution in [2.24, 2.45) is 0 Å². The zero-order chi connectivity index (χ0) is 14.5. The summed E-state index contributed by atoms with van der Waals surface area (Å²) in [4.78, 5) is 18.5. The molecule has 2 heterocycles. The number of likely N-dealkylation sites (tertiary alicyclic amines) is 1. The van der Waals surface area contributed by atoms with Crippen LogP contribution >= 0.6 is 0 Å². The lowest BCUT2D eigenvalue weighted by Gasteiger charge is -2.42. The van der Waals surface area contributed by atoms with Gasteiger partial charge in [0, 0.05) is 58.3 Å². The maximum Gasteiger partial charge on any atom is 0.222 e. The van der Waals surface area contributed by atoms with E-state index in [1.807, 2.05) is 11.8 Å². The summed E-state index contributed by atoms with van der Waals surface area (Å²) in [6.45, 7) is 10.8. The molecule has 2 rings (SSSR count). The maximum absolute atomic E-state index is 11.6. The third-order valence-electron chi connectivity index (χ3n) is 4.52. The second-order valence-electron chi connectivity index (χ2n) is 6.19. The highest BCUT2D eigenvalue weighted by Crippen LogP contribution is 2.14. The fraction of sp³-hybridized carbons (Fsp3) is 0.933. The third-order valence-corrected chi connectivity index (χ3v) is 4.52. The predicted octanol–water partition coefficient (Wildman–Crippen LogP) is 0.386. The summed E-state index contributed by atoms with van der Waals surface area (Å²) in [7, 11) is 0. The van der Waals surface area contributed by atoms with Crippen LogP contribution in [-0.2, 0) is 4.79 Å². The maximum atomic E-state index is 11.6. The first-order valence-electron chi connectivity index (χ1n) is 8.02. The first-order chi connectivity index (χ1) is 9.60. The smallest absolute Gasteiger partial charge is 0.222 e. The molecule has 0 aromatic carbocycles. The van der Waals surface area contributed by atoms with Crippen LogP contribution in [0, 0.1) is 0 Å². The first kappa shape index (κ1) is 15.7. The minimum atomic E-state index is -0.252. The van der Waals surface area contributed by atoms with Gasteiger partial charge in [-0.2, -0.15) is 0 Å². The Labute approximate surface area is 122 Å². The lowest BCUT2D eigenvalue weighted by atomic mass is 10.1. The van der Waals surface area contributed by atoms with Gasteiger partial charge in [0.25, 0.3) is 0 Å². The van der Waals surface area contributed by atoms with Gasteiger partial charge in [0.05, 0.1) is 6.10 Å². The molecule has 2 fully saturated rings. The van der Waals surface area contributed by atoms with Crippen molar-refractivity contribution < 1.29 is 9.90 Å². The molecular formula is C15H29N3O2. The summed E-state index contributed by atoms with van der Waals surface area (Å²) >= 11 is 0. The highest BCUT2D eigenvalue weighted by molar-refractivity contribution is 5.78. The van der Waals surface area contributed by atoms with Crippen LogP contribution in [0.3, 0.4) is 0 Å². The lowest BCUT2D eigenvalue weighted by Crippen LogP contribution is -2.55. The Hall–Kier alpha value is -0.650. The molecule has 116 valence electrons. The van der Waals surface area contributed by atoms with Gasteiger partial charge in [-0.1, -0.05) is 6.92 Å². The molecule has 2 unspecified atom stereocenters. The Kier molecular flexibility index (Phi) is 5.81. The minimum absolute atomic E-state index is 0.252. The van der Waals surface area contributed by atoms with Crippen molar-refractivity contribution in [1.29, 1.82) is 0 Å².